The number of hydrogen-bond donors (Lipinski definition) is 1. The Hall–Kier alpha value is -3.90. The number of nitrogens with one attached hydrogen (secondary N) is 1. The van der Waals surface area contributed by atoms with Crippen LogP contribution in [0.2, 0.25) is 5.02 Å². The number of benzene rings is 2. The van der Waals surface area contributed by atoms with Gasteiger partial charge in [0.25, 0.3) is 0 Å². The van der Waals surface area contributed by atoms with Gasteiger partial charge in [-0.05, 0) is 70.7 Å². The van der Waals surface area contributed by atoms with Crippen LogP contribution in [0.5, 0.6) is 6.01 Å². The summed E-state index contributed by atoms with van der Waals surface area (Å²) in [7, 11) is 0. The average Bonchev–Trinajstić information content (AvgIpc) is 3.50. The topological polar surface area (TPSA) is 113 Å². The Bertz CT molecular complexity index is 2120. The van der Waals surface area contributed by atoms with Crippen LogP contribution in [0.3, 0.4) is 0 Å². The van der Waals surface area contributed by atoms with Crippen LogP contribution in [-0.2, 0) is 9.47 Å². The Balaban J connectivity index is 1.26. The summed E-state index contributed by atoms with van der Waals surface area (Å²) < 4.78 is 64.7. The van der Waals surface area contributed by atoms with E-state index in [1.54, 1.807) is 26.8 Å². The first-order chi connectivity index (χ1) is 24.4. The lowest BCUT2D eigenvalue weighted by atomic mass is 9.95. The number of halogens is 4. The highest BCUT2D eigenvalue weighted by atomic mass is 35.5. The lowest BCUT2D eigenvalue weighted by molar-refractivity contribution is 0.0636. The third kappa shape index (κ3) is 6.11. The fourth-order valence-corrected chi connectivity index (χ4v) is 9.24. The van der Waals surface area contributed by atoms with E-state index in [1.165, 1.54) is 12.1 Å². The van der Waals surface area contributed by atoms with Crippen molar-refractivity contribution in [1.82, 2.24) is 14.9 Å². The molecule has 1 saturated carbocycles. The van der Waals surface area contributed by atoms with Gasteiger partial charge in [-0.15, -0.1) is 11.3 Å². The minimum atomic E-state index is -0.948. The maximum absolute atomic E-state index is 17.2. The molecule has 1 N–H and O–H groups in total. The zero-order valence-electron chi connectivity index (χ0n) is 28.3. The Labute approximate surface area is 301 Å². The number of carbonyl (C=O) groups is 1. The van der Waals surface area contributed by atoms with Crippen molar-refractivity contribution in [3.63, 3.8) is 0 Å². The Morgan fingerprint density at radius 3 is 2.86 bits per heavy atom. The number of alkyl halides is 1. The second-order valence-electron chi connectivity index (χ2n) is 14.7. The normalized spacial score (nSPS) is 24.7. The molecule has 1 aliphatic carbocycles. The molecule has 1 amide bonds. The van der Waals surface area contributed by atoms with Crippen molar-refractivity contribution in [2.24, 2.45) is 0 Å². The minimum absolute atomic E-state index is 0.00187. The van der Waals surface area contributed by atoms with Crippen LogP contribution in [0.25, 0.3) is 32.1 Å². The van der Waals surface area contributed by atoms with E-state index in [-0.39, 0.29) is 67.1 Å². The van der Waals surface area contributed by atoms with Crippen molar-refractivity contribution in [3.05, 3.63) is 40.4 Å². The number of ether oxygens (including phenoxy) is 3. The van der Waals surface area contributed by atoms with Crippen LogP contribution >= 0.6 is 22.9 Å². The zero-order valence-corrected chi connectivity index (χ0v) is 29.9. The molecule has 5 heterocycles. The second-order valence-corrected chi connectivity index (χ2v) is 16.2. The summed E-state index contributed by atoms with van der Waals surface area (Å²) in [6, 6.07) is 6.18. The van der Waals surface area contributed by atoms with Gasteiger partial charge >= 0.3 is 12.1 Å². The number of amides is 1. The first-order valence-electron chi connectivity index (χ1n) is 17.1. The Kier molecular flexibility index (Phi) is 8.48. The quantitative estimate of drug-likeness (QED) is 0.210. The molecule has 8 rings (SSSR count). The summed E-state index contributed by atoms with van der Waals surface area (Å²) in [6.45, 7) is 7.58. The lowest BCUT2D eigenvalue weighted by Crippen LogP contribution is -2.43. The largest absolute Gasteiger partial charge is 0.461 e. The molecule has 4 atom stereocenters. The molecule has 4 aromatic rings. The van der Waals surface area contributed by atoms with Crippen molar-refractivity contribution in [1.29, 1.82) is 5.26 Å². The molecule has 2 aromatic carbocycles. The number of carbonyl (C=O) groups excluding carboxylic acids is 1. The molecule has 3 aliphatic heterocycles. The first kappa shape index (κ1) is 34.2. The van der Waals surface area contributed by atoms with E-state index in [9.17, 15) is 14.4 Å². The third-order valence-corrected chi connectivity index (χ3v) is 11.5. The van der Waals surface area contributed by atoms with Crippen LogP contribution in [0.15, 0.2) is 18.2 Å². The second kappa shape index (κ2) is 12.6. The van der Waals surface area contributed by atoms with Crippen LogP contribution in [0, 0.1) is 23.0 Å². The summed E-state index contributed by atoms with van der Waals surface area (Å²) in [5.74, 6) is -1.01. The van der Waals surface area contributed by atoms with Crippen molar-refractivity contribution < 1.29 is 32.2 Å². The smallest absolute Gasteiger partial charge is 0.412 e. The van der Waals surface area contributed by atoms with Gasteiger partial charge in [0, 0.05) is 42.5 Å². The molecule has 2 aromatic heterocycles. The molecule has 3 saturated heterocycles. The molecular formula is C36H36ClF3N6O4S. The predicted molar refractivity (Wildman–Crippen MR) is 189 cm³/mol. The van der Waals surface area contributed by atoms with Crippen molar-refractivity contribution in [2.75, 3.05) is 43.1 Å². The maximum atomic E-state index is 17.2. The van der Waals surface area contributed by atoms with Crippen molar-refractivity contribution in [3.8, 4) is 23.2 Å². The van der Waals surface area contributed by atoms with Crippen LogP contribution in [-0.4, -0.2) is 83.3 Å². The van der Waals surface area contributed by atoms with Crippen LogP contribution < -0.4 is 15.0 Å². The first-order valence-corrected chi connectivity index (χ1v) is 18.3. The monoisotopic (exact) mass is 740 g/mol. The Morgan fingerprint density at radius 2 is 2.08 bits per heavy atom. The molecule has 0 bridgehead atoms. The van der Waals surface area contributed by atoms with E-state index in [2.05, 4.69) is 26.2 Å². The highest BCUT2D eigenvalue weighted by Gasteiger charge is 2.50. The van der Waals surface area contributed by atoms with Gasteiger partial charge in [-0.2, -0.15) is 15.2 Å². The van der Waals surface area contributed by atoms with Gasteiger partial charge in [0.15, 0.2) is 5.82 Å². The summed E-state index contributed by atoms with van der Waals surface area (Å²) >= 11 is 7.76. The molecule has 51 heavy (non-hydrogen) atoms. The molecule has 268 valence electrons. The molecule has 15 heteroatoms. The number of anilines is 2. The maximum Gasteiger partial charge on any atom is 0.412 e. The van der Waals surface area contributed by atoms with Gasteiger partial charge in [-0.25, -0.2) is 18.0 Å². The molecule has 2 unspecified atom stereocenters. The van der Waals surface area contributed by atoms with Gasteiger partial charge in [-0.1, -0.05) is 17.7 Å². The van der Waals surface area contributed by atoms with E-state index >= 15 is 8.78 Å². The van der Waals surface area contributed by atoms with E-state index in [0.717, 1.165) is 43.6 Å². The van der Waals surface area contributed by atoms with Gasteiger partial charge < -0.3 is 19.1 Å². The number of rotatable bonds is 6. The SMILES string of the molecule is CC(C)(C)OC(=O)Nc1sc2c(F)ccc(-c3c(Cl)cc4c(N5CCCOC6CC65)nc(OC[C@@]56CCCN5C[C@H](F)C6)nc4c3F)c2c1C#N. The van der Waals surface area contributed by atoms with Crippen LogP contribution in [0.4, 0.5) is 28.8 Å². The van der Waals surface area contributed by atoms with Gasteiger partial charge in [0.2, 0.25) is 0 Å². The van der Waals surface area contributed by atoms with E-state index < -0.39 is 35.0 Å². The van der Waals surface area contributed by atoms with Crippen LogP contribution in [0.1, 0.15) is 58.4 Å². The zero-order chi connectivity index (χ0) is 35.8. The van der Waals surface area contributed by atoms with Gasteiger partial charge in [-0.3, -0.25) is 10.2 Å². The standard InChI is InChI=1S/C36H36ClF3N6O4S/c1-35(2,3)50-34(47)44-32-21(15-41)26-19(6-7-23(39)30(26)51-32)27-22(37)12-20-29(28(27)40)42-33(43-31(20)46-10-5-11-48-25-13-24(25)46)49-17-36-8-4-9-45(36)16-18(38)14-36/h6-7,12,18,24-25H,4-5,8-11,13-14,16-17H2,1-3H3,(H,44,47)/t18-,24?,25?,36+/m1/s1. The number of nitriles is 1. The summed E-state index contributed by atoms with van der Waals surface area (Å²) in [5, 5.41) is 13.3. The van der Waals surface area contributed by atoms with E-state index in [0.29, 0.717) is 37.3 Å². The fraction of sp³-hybridized carbons (Fsp3) is 0.500. The summed E-state index contributed by atoms with van der Waals surface area (Å²) in [6.07, 6.45) is 1.86. The highest BCUT2D eigenvalue weighted by Crippen LogP contribution is 2.48. The lowest BCUT2D eigenvalue weighted by Gasteiger charge is -2.31. The fourth-order valence-electron chi connectivity index (χ4n) is 7.87. The average molecular weight is 741 g/mol. The molecule has 0 radical (unpaired) electrons. The number of nitrogens with zero attached hydrogens (tertiary/aromatic N) is 5. The molecular weight excluding hydrogens is 705 g/mol. The minimum Gasteiger partial charge on any atom is -0.461 e. The van der Waals surface area contributed by atoms with Gasteiger partial charge in [0.1, 0.15) is 46.6 Å². The third-order valence-electron chi connectivity index (χ3n) is 10.1. The van der Waals surface area contributed by atoms with E-state index in [1.807, 2.05) is 0 Å². The van der Waals surface area contributed by atoms with Crippen molar-refractivity contribution in [2.45, 2.75) is 82.3 Å². The highest BCUT2D eigenvalue weighted by molar-refractivity contribution is 7.23. The van der Waals surface area contributed by atoms with Gasteiger partial charge in [0.05, 0.1) is 33.0 Å². The Morgan fingerprint density at radius 1 is 1.25 bits per heavy atom. The number of hydrogen-bond acceptors (Lipinski definition) is 10. The molecule has 0 spiro atoms. The number of fused-ring (bicyclic) bond motifs is 4. The van der Waals surface area contributed by atoms with E-state index in [4.69, 9.17) is 30.8 Å². The molecule has 10 nitrogen and oxygen atoms in total. The summed E-state index contributed by atoms with van der Waals surface area (Å²) in [4.78, 5) is 26.3. The number of thiophene rings is 1. The number of aromatic nitrogens is 2. The van der Waals surface area contributed by atoms with Crippen molar-refractivity contribution >= 4 is 60.8 Å². The summed E-state index contributed by atoms with van der Waals surface area (Å²) in [5.41, 5.74) is -1.37. The molecule has 4 aliphatic rings. The molecule has 4 fully saturated rings. The predicted octanol–water partition coefficient (Wildman–Crippen LogP) is 7.98.